The highest BCUT2D eigenvalue weighted by Gasteiger charge is 2.29. The third-order valence-corrected chi connectivity index (χ3v) is 4.08. The third kappa shape index (κ3) is 2.48. The number of para-hydroxylation sites is 1. The van der Waals surface area contributed by atoms with Gasteiger partial charge in [-0.25, -0.2) is 0 Å². The summed E-state index contributed by atoms with van der Waals surface area (Å²) in [5.74, 6) is 0.577. The molecular weight excluding hydrogens is 256 g/mol. The van der Waals surface area contributed by atoms with E-state index in [1.54, 1.807) is 0 Å². The number of carbonyl (C=O) groups is 2. The van der Waals surface area contributed by atoms with E-state index < -0.39 is 0 Å². The van der Waals surface area contributed by atoms with Crippen molar-refractivity contribution in [1.29, 1.82) is 0 Å². The fourth-order valence-electron chi connectivity index (χ4n) is 2.62. The van der Waals surface area contributed by atoms with Gasteiger partial charge in [0.2, 0.25) is 5.91 Å². The van der Waals surface area contributed by atoms with Crippen LogP contribution < -0.4 is 15.6 Å². The summed E-state index contributed by atoms with van der Waals surface area (Å²) in [6.45, 7) is 0.516. The van der Waals surface area contributed by atoms with Crippen LogP contribution >= 0.6 is 0 Å². The van der Waals surface area contributed by atoms with E-state index in [0.29, 0.717) is 18.7 Å². The second kappa shape index (κ2) is 5.53. The molecule has 1 saturated carbocycles. The Morgan fingerprint density at radius 3 is 2.90 bits per heavy atom. The third-order valence-electron chi connectivity index (χ3n) is 4.08. The van der Waals surface area contributed by atoms with Gasteiger partial charge in [-0.05, 0) is 25.3 Å². The van der Waals surface area contributed by atoms with Gasteiger partial charge in [0.25, 0.3) is 5.91 Å². The number of fused-ring (bicyclic) bond motifs is 1. The maximum Gasteiger partial charge on any atom is 0.260 e. The van der Waals surface area contributed by atoms with Gasteiger partial charge < -0.3 is 10.2 Å². The summed E-state index contributed by atoms with van der Waals surface area (Å²) in [5.41, 5.74) is 3.30. The lowest BCUT2D eigenvalue weighted by Gasteiger charge is -2.26. The van der Waals surface area contributed by atoms with E-state index >= 15 is 0 Å². The van der Waals surface area contributed by atoms with Crippen LogP contribution in [0.4, 0.5) is 0 Å². The average Bonchev–Trinajstić information content (AvgIpc) is 2.39. The molecule has 0 bridgehead atoms. The molecule has 1 heterocycles. The van der Waals surface area contributed by atoms with E-state index in [2.05, 4.69) is 10.8 Å². The molecule has 5 nitrogen and oxygen atoms in total. The van der Waals surface area contributed by atoms with Crippen LogP contribution in [-0.2, 0) is 9.59 Å². The molecule has 1 atom stereocenters. The minimum atomic E-state index is -0.262. The number of amides is 2. The van der Waals surface area contributed by atoms with Crippen molar-refractivity contribution in [2.45, 2.75) is 31.6 Å². The van der Waals surface area contributed by atoms with Crippen LogP contribution in [0.2, 0.25) is 0 Å². The Balaban J connectivity index is 1.59. The quantitative estimate of drug-likeness (QED) is 0.874. The van der Waals surface area contributed by atoms with E-state index in [4.69, 9.17) is 4.84 Å². The van der Waals surface area contributed by atoms with Gasteiger partial charge >= 0.3 is 0 Å². The van der Waals surface area contributed by atoms with E-state index in [1.165, 1.54) is 0 Å². The van der Waals surface area contributed by atoms with Crippen molar-refractivity contribution < 1.29 is 14.4 Å². The normalized spacial score (nSPS) is 21.2. The number of nitrogens with one attached hydrogen (secondary N) is 2. The second-order valence-corrected chi connectivity index (χ2v) is 5.37. The first-order chi connectivity index (χ1) is 9.75. The standard InChI is InChI=1S/C15H18N2O3/c18-14(10-4-3-5-10)16-9-8-12-11-6-1-2-7-13(11)20-17-15(12)19/h1-2,6-7,10,12H,3-5,8-9H2,(H,16,18)(H,17,19). The molecule has 0 radical (unpaired) electrons. The molecule has 3 rings (SSSR count). The van der Waals surface area contributed by atoms with Gasteiger partial charge in [0.1, 0.15) is 0 Å². The van der Waals surface area contributed by atoms with Crippen LogP contribution in [0.1, 0.15) is 37.2 Å². The second-order valence-electron chi connectivity index (χ2n) is 5.37. The minimum absolute atomic E-state index is 0.122. The number of hydroxylamine groups is 1. The summed E-state index contributed by atoms with van der Waals surface area (Å²) < 4.78 is 0. The highest BCUT2D eigenvalue weighted by atomic mass is 16.7. The average molecular weight is 274 g/mol. The Morgan fingerprint density at radius 2 is 2.15 bits per heavy atom. The smallest absolute Gasteiger partial charge is 0.260 e. The Hall–Kier alpha value is -2.04. The molecule has 1 aliphatic heterocycles. The van der Waals surface area contributed by atoms with Crippen molar-refractivity contribution >= 4 is 11.8 Å². The monoisotopic (exact) mass is 274 g/mol. The predicted octanol–water partition coefficient (Wildman–Crippen LogP) is 1.50. The van der Waals surface area contributed by atoms with Crippen LogP contribution in [0.5, 0.6) is 5.75 Å². The molecule has 2 aliphatic rings. The lowest BCUT2D eigenvalue weighted by atomic mass is 9.84. The van der Waals surface area contributed by atoms with E-state index in [1.807, 2.05) is 24.3 Å². The minimum Gasteiger partial charge on any atom is -0.379 e. The van der Waals surface area contributed by atoms with Gasteiger partial charge in [-0.3, -0.25) is 9.59 Å². The largest absolute Gasteiger partial charge is 0.379 e. The van der Waals surface area contributed by atoms with Gasteiger partial charge in [0.05, 0.1) is 5.92 Å². The van der Waals surface area contributed by atoms with Crippen LogP contribution in [0.25, 0.3) is 0 Å². The maximum absolute atomic E-state index is 11.9. The molecule has 20 heavy (non-hydrogen) atoms. The number of hydrogen-bond donors (Lipinski definition) is 2. The highest BCUT2D eigenvalue weighted by Crippen LogP contribution is 2.32. The van der Waals surface area contributed by atoms with Crippen molar-refractivity contribution in [3.63, 3.8) is 0 Å². The summed E-state index contributed by atoms with van der Waals surface area (Å²) in [6, 6.07) is 7.48. The molecule has 2 amide bonds. The Labute approximate surface area is 117 Å². The Morgan fingerprint density at radius 1 is 1.35 bits per heavy atom. The number of rotatable bonds is 4. The van der Waals surface area contributed by atoms with E-state index in [9.17, 15) is 9.59 Å². The highest BCUT2D eigenvalue weighted by molar-refractivity contribution is 5.85. The molecule has 106 valence electrons. The van der Waals surface area contributed by atoms with Crippen molar-refractivity contribution in [1.82, 2.24) is 10.8 Å². The zero-order valence-corrected chi connectivity index (χ0v) is 11.2. The Kier molecular flexibility index (Phi) is 3.58. The summed E-state index contributed by atoms with van der Waals surface area (Å²) >= 11 is 0. The molecule has 0 saturated heterocycles. The van der Waals surface area contributed by atoms with Gasteiger partial charge in [-0.2, -0.15) is 5.48 Å². The fraction of sp³-hybridized carbons (Fsp3) is 0.467. The van der Waals surface area contributed by atoms with Crippen molar-refractivity contribution in [3.05, 3.63) is 29.8 Å². The van der Waals surface area contributed by atoms with Gasteiger partial charge in [0.15, 0.2) is 5.75 Å². The maximum atomic E-state index is 11.9. The molecule has 1 aliphatic carbocycles. The zero-order chi connectivity index (χ0) is 13.9. The number of carbonyl (C=O) groups excluding carboxylic acids is 2. The fourth-order valence-corrected chi connectivity index (χ4v) is 2.62. The summed E-state index contributed by atoms with van der Waals surface area (Å²) in [7, 11) is 0. The van der Waals surface area contributed by atoms with Gasteiger partial charge in [-0.15, -0.1) is 0 Å². The molecule has 1 aromatic rings. The van der Waals surface area contributed by atoms with Gasteiger partial charge in [0, 0.05) is 18.0 Å². The molecule has 1 aromatic carbocycles. The number of benzene rings is 1. The van der Waals surface area contributed by atoms with Crippen LogP contribution in [0.3, 0.4) is 0 Å². The summed E-state index contributed by atoms with van der Waals surface area (Å²) in [5, 5.41) is 2.92. The Bertz CT molecular complexity index is 526. The molecule has 0 aromatic heterocycles. The lowest BCUT2D eigenvalue weighted by molar-refractivity contribution is -0.131. The molecular formula is C15H18N2O3. The molecule has 0 spiro atoms. The SMILES string of the molecule is O=C(NCCC1C(=O)NOc2ccccc21)C1CCC1. The summed E-state index contributed by atoms with van der Waals surface area (Å²) in [4.78, 5) is 28.8. The zero-order valence-electron chi connectivity index (χ0n) is 11.2. The van der Waals surface area contributed by atoms with Crippen molar-refractivity contribution in [3.8, 4) is 5.75 Å². The lowest BCUT2D eigenvalue weighted by Crippen LogP contribution is -2.40. The summed E-state index contributed by atoms with van der Waals surface area (Å²) in [6.07, 6.45) is 3.72. The predicted molar refractivity (Wildman–Crippen MR) is 72.9 cm³/mol. The van der Waals surface area contributed by atoms with Crippen LogP contribution in [0.15, 0.2) is 24.3 Å². The first-order valence-electron chi connectivity index (χ1n) is 7.09. The van der Waals surface area contributed by atoms with Crippen LogP contribution in [-0.4, -0.2) is 18.4 Å². The van der Waals surface area contributed by atoms with Crippen molar-refractivity contribution in [2.24, 2.45) is 5.92 Å². The molecule has 5 heteroatoms. The molecule has 1 fully saturated rings. The molecule has 2 N–H and O–H groups in total. The van der Waals surface area contributed by atoms with E-state index in [-0.39, 0.29) is 23.7 Å². The topological polar surface area (TPSA) is 67.4 Å². The first-order valence-corrected chi connectivity index (χ1v) is 7.09. The first kappa shape index (κ1) is 13.0. The van der Waals surface area contributed by atoms with Crippen molar-refractivity contribution in [2.75, 3.05) is 6.54 Å². The molecule has 1 unspecified atom stereocenters. The number of hydrogen-bond acceptors (Lipinski definition) is 3. The van der Waals surface area contributed by atoms with Gasteiger partial charge in [-0.1, -0.05) is 24.6 Å². The van der Waals surface area contributed by atoms with E-state index in [0.717, 1.165) is 24.8 Å². The van der Waals surface area contributed by atoms with Crippen LogP contribution in [0, 0.1) is 5.92 Å².